The van der Waals surface area contributed by atoms with Gasteiger partial charge in [0, 0.05) is 22.4 Å². The quantitative estimate of drug-likeness (QED) is 0.456. The normalized spacial score (nSPS) is 11.8. The number of anilines is 1. The van der Waals surface area contributed by atoms with E-state index in [0.717, 1.165) is 5.56 Å². The molecule has 3 aromatic carbocycles. The van der Waals surface area contributed by atoms with Crippen LogP contribution in [0.2, 0.25) is 0 Å². The number of aromatic nitrogens is 2. The van der Waals surface area contributed by atoms with Gasteiger partial charge in [-0.1, -0.05) is 48.5 Å². The minimum Gasteiger partial charge on any atom is -0.418 e. The van der Waals surface area contributed by atoms with Gasteiger partial charge in [0.05, 0.1) is 0 Å². The van der Waals surface area contributed by atoms with Crippen LogP contribution in [-0.4, -0.2) is 16.0 Å². The van der Waals surface area contributed by atoms with Crippen molar-refractivity contribution in [3.05, 3.63) is 102 Å². The maximum atomic E-state index is 14.6. The Labute approximate surface area is 167 Å². The monoisotopic (exact) mass is 387 g/mol. The topological polar surface area (TPSA) is 68.0 Å². The van der Waals surface area contributed by atoms with E-state index in [1.165, 1.54) is 13.0 Å². The van der Waals surface area contributed by atoms with Crippen LogP contribution in [-0.2, 0) is 0 Å². The Morgan fingerprint density at radius 1 is 0.966 bits per heavy atom. The number of carbonyl (C=O) groups excluding carboxylic acids is 1. The number of ketones is 1. The lowest BCUT2D eigenvalue weighted by Crippen LogP contribution is -2.15. The second kappa shape index (κ2) is 8.06. The van der Waals surface area contributed by atoms with Crippen LogP contribution in [0.3, 0.4) is 0 Å². The van der Waals surface area contributed by atoms with Crippen molar-refractivity contribution in [3.8, 4) is 11.5 Å². The van der Waals surface area contributed by atoms with Crippen molar-refractivity contribution in [3.63, 3.8) is 0 Å². The molecular formula is C23H18FN3O2. The highest BCUT2D eigenvalue weighted by molar-refractivity contribution is 5.94. The smallest absolute Gasteiger partial charge is 0.247 e. The molecule has 6 heteroatoms. The van der Waals surface area contributed by atoms with Crippen molar-refractivity contribution in [2.24, 2.45) is 0 Å². The van der Waals surface area contributed by atoms with E-state index in [1.54, 1.807) is 42.5 Å². The van der Waals surface area contributed by atoms with Crippen LogP contribution < -0.4 is 5.32 Å². The summed E-state index contributed by atoms with van der Waals surface area (Å²) in [5, 5.41) is 11.5. The molecule has 0 bridgehead atoms. The number of hydrogen-bond acceptors (Lipinski definition) is 5. The molecule has 5 nitrogen and oxygen atoms in total. The van der Waals surface area contributed by atoms with Gasteiger partial charge in [0.2, 0.25) is 11.8 Å². The average molecular weight is 387 g/mol. The van der Waals surface area contributed by atoms with Gasteiger partial charge in [0.1, 0.15) is 11.9 Å². The number of halogens is 1. The molecule has 1 heterocycles. The lowest BCUT2D eigenvalue weighted by molar-refractivity contribution is 0.101. The van der Waals surface area contributed by atoms with E-state index in [9.17, 15) is 9.18 Å². The number of Topliss-reactive ketones (excluding diaryl/α,β-unsaturated/α-hetero) is 1. The van der Waals surface area contributed by atoms with E-state index in [-0.39, 0.29) is 11.7 Å². The van der Waals surface area contributed by atoms with E-state index < -0.39 is 11.9 Å². The highest BCUT2D eigenvalue weighted by atomic mass is 19.1. The zero-order valence-electron chi connectivity index (χ0n) is 15.7. The van der Waals surface area contributed by atoms with Crippen LogP contribution in [0.25, 0.3) is 11.5 Å². The molecule has 4 aromatic rings. The van der Waals surface area contributed by atoms with Crippen LogP contribution in [0.4, 0.5) is 10.1 Å². The molecule has 1 atom stereocenters. The lowest BCUT2D eigenvalue weighted by Gasteiger charge is -2.18. The van der Waals surface area contributed by atoms with Gasteiger partial charge in [-0.05, 0) is 37.3 Å². The second-order valence-corrected chi connectivity index (χ2v) is 6.55. The molecule has 0 fully saturated rings. The first-order valence-corrected chi connectivity index (χ1v) is 9.12. The van der Waals surface area contributed by atoms with Gasteiger partial charge in [-0.15, -0.1) is 10.2 Å². The van der Waals surface area contributed by atoms with Gasteiger partial charge in [-0.2, -0.15) is 0 Å². The van der Waals surface area contributed by atoms with Gasteiger partial charge in [-0.25, -0.2) is 4.39 Å². The Morgan fingerprint density at radius 2 is 1.72 bits per heavy atom. The molecular weight excluding hydrogens is 369 g/mol. The number of rotatable bonds is 6. The third-order valence-electron chi connectivity index (χ3n) is 4.50. The zero-order chi connectivity index (χ0) is 20.2. The SMILES string of the molecule is CC(=O)c1cccc(N[C@H](c2nnc(-c3ccccc3)o2)c2ccccc2F)c1. The molecule has 0 spiro atoms. The average Bonchev–Trinajstić information content (AvgIpc) is 3.23. The van der Waals surface area contributed by atoms with Crippen LogP contribution in [0.5, 0.6) is 0 Å². The van der Waals surface area contributed by atoms with Gasteiger partial charge >= 0.3 is 0 Å². The third kappa shape index (κ3) is 4.06. The maximum absolute atomic E-state index is 14.6. The summed E-state index contributed by atoms with van der Waals surface area (Å²) in [6.07, 6.45) is 0. The van der Waals surface area contributed by atoms with E-state index in [0.29, 0.717) is 22.7 Å². The highest BCUT2D eigenvalue weighted by Gasteiger charge is 2.24. The summed E-state index contributed by atoms with van der Waals surface area (Å²) in [7, 11) is 0. The fraction of sp³-hybridized carbons (Fsp3) is 0.0870. The molecule has 0 saturated carbocycles. The summed E-state index contributed by atoms with van der Waals surface area (Å²) >= 11 is 0. The number of nitrogens with one attached hydrogen (secondary N) is 1. The van der Waals surface area contributed by atoms with Crippen molar-refractivity contribution in [1.29, 1.82) is 0 Å². The Kier molecular flexibility index (Phi) is 5.16. The fourth-order valence-corrected chi connectivity index (χ4v) is 3.02. The van der Waals surface area contributed by atoms with E-state index in [2.05, 4.69) is 15.5 Å². The maximum Gasteiger partial charge on any atom is 0.247 e. The Morgan fingerprint density at radius 3 is 2.48 bits per heavy atom. The molecule has 1 N–H and O–H groups in total. The third-order valence-corrected chi connectivity index (χ3v) is 4.50. The van der Waals surface area contributed by atoms with Gasteiger partial charge in [0.15, 0.2) is 5.78 Å². The van der Waals surface area contributed by atoms with Crippen molar-refractivity contribution in [2.45, 2.75) is 13.0 Å². The molecule has 0 aliphatic carbocycles. The first-order valence-electron chi connectivity index (χ1n) is 9.12. The minimum absolute atomic E-state index is 0.0553. The number of hydrogen-bond donors (Lipinski definition) is 1. The molecule has 4 rings (SSSR count). The molecule has 0 radical (unpaired) electrons. The van der Waals surface area contributed by atoms with Crippen LogP contribution in [0, 0.1) is 5.82 Å². The Balaban J connectivity index is 1.74. The first kappa shape index (κ1) is 18.6. The van der Waals surface area contributed by atoms with Crippen molar-refractivity contribution < 1.29 is 13.6 Å². The zero-order valence-corrected chi connectivity index (χ0v) is 15.7. The van der Waals surface area contributed by atoms with Crippen LogP contribution >= 0.6 is 0 Å². The van der Waals surface area contributed by atoms with Crippen molar-refractivity contribution in [1.82, 2.24) is 10.2 Å². The van der Waals surface area contributed by atoms with Crippen molar-refractivity contribution in [2.75, 3.05) is 5.32 Å². The van der Waals surface area contributed by atoms with Gasteiger partial charge in [0.25, 0.3) is 0 Å². The summed E-state index contributed by atoms with van der Waals surface area (Å²) in [5.74, 6) is 0.121. The predicted molar refractivity (Wildman–Crippen MR) is 108 cm³/mol. The summed E-state index contributed by atoms with van der Waals surface area (Å²) in [6.45, 7) is 1.50. The molecule has 0 saturated heterocycles. The predicted octanol–water partition coefficient (Wildman–Crippen LogP) is 5.28. The highest BCUT2D eigenvalue weighted by Crippen LogP contribution is 2.30. The van der Waals surface area contributed by atoms with Gasteiger partial charge < -0.3 is 9.73 Å². The van der Waals surface area contributed by atoms with Crippen molar-refractivity contribution >= 4 is 11.5 Å². The van der Waals surface area contributed by atoms with Gasteiger partial charge in [-0.3, -0.25) is 4.79 Å². The summed E-state index contributed by atoms with van der Waals surface area (Å²) in [6, 6.07) is 22.1. The summed E-state index contributed by atoms with van der Waals surface area (Å²) < 4.78 is 20.5. The van der Waals surface area contributed by atoms with Crippen LogP contribution in [0.1, 0.15) is 34.8 Å². The lowest BCUT2D eigenvalue weighted by atomic mass is 10.0. The van der Waals surface area contributed by atoms with E-state index in [4.69, 9.17) is 4.42 Å². The minimum atomic E-state index is -0.719. The molecule has 1 aromatic heterocycles. The Hall–Kier alpha value is -3.80. The molecule has 144 valence electrons. The number of carbonyl (C=O) groups is 1. The number of nitrogens with zero attached hydrogens (tertiary/aromatic N) is 2. The molecule has 0 aliphatic heterocycles. The molecule has 0 amide bonds. The Bertz CT molecular complexity index is 1140. The second-order valence-electron chi connectivity index (χ2n) is 6.55. The standard InChI is InChI=1S/C23H18FN3O2/c1-15(28)17-10-7-11-18(14-17)25-21(19-12-5-6-13-20(19)24)23-27-26-22(29-23)16-8-3-2-4-9-16/h2-14,21,25H,1H3/t21-/m0/s1. The largest absolute Gasteiger partial charge is 0.418 e. The summed E-state index contributed by atoms with van der Waals surface area (Å²) in [4.78, 5) is 11.7. The molecule has 29 heavy (non-hydrogen) atoms. The van der Waals surface area contributed by atoms with E-state index in [1.807, 2.05) is 30.3 Å². The molecule has 0 unspecified atom stereocenters. The van der Waals surface area contributed by atoms with Crippen LogP contribution in [0.15, 0.2) is 83.3 Å². The fourth-order valence-electron chi connectivity index (χ4n) is 3.02. The number of benzene rings is 3. The first-order chi connectivity index (χ1) is 14.1. The molecule has 0 aliphatic rings. The summed E-state index contributed by atoms with van der Waals surface area (Å²) in [5.41, 5.74) is 2.34. The van der Waals surface area contributed by atoms with E-state index >= 15 is 0 Å².